The fourth-order valence-electron chi connectivity index (χ4n) is 3.57. The number of piperidine rings is 1. The van der Waals surface area contributed by atoms with Crippen LogP contribution in [-0.2, 0) is 4.79 Å². The molecule has 1 N–H and O–H groups in total. The van der Waals surface area contributed by atoms with Gasteiger partial charge >= 0.3 is 0 Å². The molecule has 1 aromatic heterocycles. The maximum Gasteiger partial charge on any atom is 0.223 e. The summed E-state index contributed by atoms with van der Waals surface area (Å²) in [5.74, 6) is 1.74. The van der Waals surface area contributed by atoms with Gasteiger partial charge in [0.1, 0.15) is 0 Å². The molecule has 1 amide bonds. The molecule has 2 atom stereocenters. The first-order chi connectivity index (χ1) is 9.70. The SMILES string of the molecule is O=C(NC1C2CCC1CN(c1nnc(Br)s1)C2)C1CC1. The zero-order valence-corrected chi connectivity index (χ0v) is 13.5. The lowest BCUT2D eigenvalue weighted by Gasteiger charge is -2.38. The van der Waals surface area contributed by atoms with Crippen molar-refractivity contribution in [1.29, 1.82) is 0 Å². The molecule has 2 aliphatic carbocycles. The molecular weight excluding hydrogens is 340 g/mol. The maximum absolute atomic E-state index is 12.0. The largest absolute Gasteiger partial charge is 0.352 e. The second-order valence-electron chi connectivity index (χ2n) is 6.15. The molecule has 108 valence electrons. The van der Waals surface area contributed by atoms with Crippen LogP contribution in [0.15, 0.2) is 3.92 Å². The van der Waals surface area contributed by atoms with Crippen LogP contribution in [0, 0.1) is 17.8 Å². The number of anilines is 1. The number of carbonyl (C=O) groups excluding carboxylic acids is 1. The lowest BCUT2D eigenvalue weighted by Crippen LogP contribution is -2.53. The van der Waals surface area contributed by atoms with E-state index >= 15 is 0 Å². The Morgan fingerprint density at radius 1 is 1.20 bits per heavy atom. The molecular formula is C13H17BrN4OS. The van der Waals surface area contributed by atoms with E-state index in [4.69, 9.17) is 0 Å². The number of aromatic nitrogens is 2. The molecule has 1 aliphatic heterocycles. The Labute approximate surface area is 130 Å². The van der Waals surface area contributed by atoms with Crippen molar-refractivity contribution >= 4 is 38.3 Å². The first kappa shape index (κ1) is 13.0. The first-order valence-corrected chi connectivity index (χ1v) is 8.86. The van der Waals surface area contributed by atoms with Gasteiger partial charge in [-0.3, -0.25) is 4.79 Å². The summed E-state index contributed by atoms with van der Waals surface area (Å²) in [6, 6.07) is 0.385. The van der Waals surface area contributed by atoms with Crippen LogP contribution in [-0.4, -0.2) is 35.2 Å². The lowest BCUT2D eigenvalue weighted by molar-refractivity contribution is -0.123. The minimum absolute atomic E-state index is 0.291. The van der Waals surface area contributed by atoms with Gasteiger partial charge in [0.25, 0.3) is 0 Å². The minimum atomic E-state index is 0.291. The van der Waals surface area contributed by atoms with Crippen molar-refractivity contribution in [2.24, 2.45) is 17.8 Å². The molecule has 3 aliphatic rings. The fourth-order valence-corrected chi connectivity index (χ4v) is 4.67. The number of carbonyl (C=O) groups is 1. The smallest absolute Gasteiger partial charge is 0.223 e. The molecule has 20 heavy (non-hydrogen) atoms. The lowest BCUT2D eigenvalue weighted by atomic mass is 9.92. The van der Waals surface area contributed by atoms with E-state index in [1.54, 1.807) is 11.3 Å². The van der Waals surface area contributed by atoms with Crippen LogP contribution in [0.5, 0.6) is 0 Å². The third-order valence-corrected chi connectivity index (χ3v) is 6.17. The van der Waals surface area contributed by atoms with Crippen LogP contribution in [0.2, 0.25) is 0 Å². The third-order valence-electron chi connectivity index (χ3n) is 4.75. The topological polar surface area (TPSA) is 58.1 Å². The Balaban J connectivity index is 1.45. The normalized spacial score (nSPS) is 32.5. The van der Waals surface area contributed by atoms with Gasteiger partial charge in [-0.25, -0.2) is 0 Å². The van der Waals surface area contributed by atoms with Crippen LogP contribution in [0.1, 0.15) is 25.7 Å². The molecule has 1 aromatic rings. The summed E-state index contributed by atoms with van der Waals surface area (Å²) in [5.41, 5.74) is 0. The summed E-state index contributed by atoms with van der Waals surface area (Å²) < 4.78 is 0.837. The van der Waals surface area contributed by atoms with E-state index in [9.17, 15) is 4.79 Å². The number of hydrogen-bond donors (Lipinski definition) is 1. The Hall–Kier alpha value is -0.690. The number of amides is 1. The highest BCUT2D eigenvalue weighted by Crippen LogP contribution is 2.40. The van der Waals surface area contributed by atoms with Crippen LogP contribution < -0.4 is 10.2 Å². The van der Waals surface area contributed by atoms with Gasteiger partial charge in [-0.1, -0.05) is 11.3 Å². The highest BCUT2D eigenvalue weighted by Gasteiger charge is 2.44. The van der Waals surface area contributed by atoms with E-state index in [1.165, 1.54) is 12.8 Å². The third kappa shape index (κ3) is 2.35. The van der Waals surface area contributed by atoms with Crippen molar-refractivity contribution in [3.63, 3.8) is 0 Å². The number of nitrogens with one attached hydrogen (secondary N) is 1. The van der Waals surface area contributed by atoms with Crippen LogP contribution in [0.4, 0.5) is 5.13 Å². The van der Waals surface area contributed by atoms with E-state index in [0.717, 1.165) is 35.0 Å². The second kappa shape index (κ2) is 4.94. The van der Waals surface area contributed by atoms with Gasteiger partial charge in [0, 0.05) is 25.0 Å². The van der Waals surface area contributed by atoms with E-state index in [0.29, 0.717) is 29.7 Å². The second-order valence-corrected chi connectivity index (χ2v) is 8.38. The number of nitrogens with zero attached hydrogens (tertiary/aromatic N) is 3. The van der Waals surface area contributed by atoms with Crippen molar-refractivity contribution in [2.75, 3.05) is 18.0 Å². The first-order valence-electron chi connectivity index (χ1n) is 7.25. The van der Waals surface area contributed by atoms with Crippen LogP contribution in [0.3, 0.4) is 0 Å². The summed E-state index contributed by atoms with van der Waals surface area (Å²) in [6.45, 7) is 1.99. The Morgan fingerprint density at radius 2 is 1.90 bits per heavy atom. The Morgan fingerprint density at radius 3 is 2.45 bits per heavy atom. The van der Waals surface area contributed by atoms with Gasteiger partial charge in [0.15, 0.2) is 3.92 Å². The monoisotopic (exact) mass is 356 g/mol. The molecule has 3 fully saturated rings. The predicted octanol–water partition coefficient (Wildman–Crippen LogP) is 2.04. The molecule has 0 radical (unpaired) electrons. The highest BCUT2D eigenvalue weighted by molar-refractivity contribution is 9.11. The summed E-state index contributed by atoms with van der Waals surface area (Å²) in [5, 5.41) is 12.6. The molecule has 0 aromatic carbocycles. The van der Waals surface area contributed by atoms with E-state index in [2.05, 4.69) is 36.3 Å². The van der Waals surface area contributed by atoms with Gasteiger partial charge in [0.2, 0.25) is 11.0 Å². The van der Waals surface area contributed by atoms with E-state index in [1.807, 2.05) is 0 Å². The molecule has 2 saturated carbocycles. The number of hydrogen-bond acceptors (Lipinski definition) is 5. The zero-order valence-electron chi connectivity index (χ0n) is 11.1. The van der Waals surface area contributed by atoms with Gasteiger partial charge in [-0.15, -0.1) is 10.2 Å². The molecule has 0 spiro atoms. The number of fused-ring (bicyclic) bond motifs is 2. The van der Waals surface area contributed by atoms with Crippen molar-refractivity contribution in [1.82, 2.24) is 15.5 Å². The van der Waals surface area contributed by atoms with Crippen molar-refractivity contribution in [3.8, 4) is 0 Å². The minimum Gasteiger partial charge on any atom is -0.352 e. The molecule has 5 nitrogen and oxygen atoms in total. The fraction of sp³-hybridized carbons (Fsp3) is 0.769. The number of halogens is 1. The van der Waals surface area contributed by atoms with Crippen molar-refractivity contribution in [3.05, 3.63) is 3.92 Å². The molecule has 1 saturated heterocycles. The van der Waals surface area contributed by atoms with Crippen molar-refractivity contribution < 1.29 is 4.79 Å². The summed E-state index contributed by atoms with van der Waals surface area (Å²) >= 11 is 4.96. The summed E-state index contributed by atoms with van der Waals surface area (Å²) in [6.07, 6.45) is 4.60. The molecule has 7 heteroatoms. The standard InChI is InChI=1S/C13H17BrN4OS/c14-12-16-17-13(20-12)18-5-8-3-4-9(6-18)10(8)15-11(19)7-1-2-7/h7-10H,1-6H2,(H,15,19). The summed E-state index contributed by atoms with van der Waals surface area (Å²) in [4.78, 5) is 14.3. The quantitative estimate of drug-likeness (QED) is 0.900. The van der Waals surface area contributed by atoms with Gasteiger partial charge in [-0.05, 0) is 53.4 Å². The van der Waals surface area contributed by atoms with Gasteiger partial charge in [0.05, 0.1) is 0 Å². The van der Waals surface area contributed by atoms with Crippen molar-refractivity contribution in [2.45, 2.75) is 31.7 Å². The Bertz CT molecular complexity index is 518. The average Bonchev–Trinajstić information content (AvgIpc) is 3.16. The average molecular weight is 357 g/mol. The molecule has 2 heterocycles. The van der Waals surface area contributed by atoms with E-state index < -0.39 is 0 Å². The molecule has 2 bridgehead atoms. The van der Waals surface area contributed by atoms with Gasteiger partial charge in [-0.2, -0.15) is 0 Å². The van der Waals surface area contributed by atoms with E-state index in [-0.39, 0.29) is 0 Å². The maximum atomic E-state index is 12.0. The molecule has 4 rings (SSSR count). The summed E-state index contributed by atoms with van der Waals surface area (Å²) in [7, 11) is 0. The number of rotatable bonds is 3. The van der Waals surface area contributed by atoms with Crippen LogP contribution >= 0.6 is 27.3 Å². The van der Waals surface area contributed by atoms with Crippen LogP contribution in [0.25, 0.3) is 0 Å². The molecule has 2 unspecified atom stereocenters. The zero-order chi connectivity index (χ0) is 13.7. The predicted molar refractivity (Wildman–Crippen MR) is 80.7 cm³/mol. The Kier molecular flexibility index (Phi) is 3.22. The van der Waals surface area contributed by atoms with Gasteiger partial charge < -0.3 is 10.2 Å². The highest BCUT2D eigenvalue weighted by atomic mass is 79.9.